The van der Waals surface area contributed by atoms with Crippen LogP contribution < -0.4 is 18.9 Å². The normalized spacial score (nSPS) is 16.5. The zero-order valence-electron chi connectivity index (χ0n) is 26.7. The van der Waals surface area contributed by atoms with Crippen LogP contribution in [-0.4, -0.2) is 42.2 Å². The number of halogens is 4. The molecule has 2 fully saturated rings. The van der Waals surface area contributed by atoms with Crippen LogP contribution in [0.5, 0.6) is 23.0 Å². The largest absolute Gasteiger partial charge is 0.493 e. The average molecular weight is 731 g/mol. The summed E-state index contributed by atoms with van der Waals surface area (Å²) in [7, 11) is 3.18. The molecule has 6 rings (SSSR count). The minimum atomic E-state index is -0.989. The Kier molecular flexibility index (Phi) is 11.2. The van der Waals surface area contributed by atoms with E-state index in [2.05, 4.69) is 9.97 Å². The number of ether oxygens (including phenoxy) is 4. The van der Waals surface area contributed by atoms with Gasteiger partial charge in [-0.2, -0.15) is 0 Å². The highest BCUT2D eigenvalue weighted by Gasteiger charge is 2.38. The van der Waals surface area contributed by atoms with E-state index in [1.54, 1.807) is 26.4 Å². The highest BCUT2D eigenvalue weighted by atomic mass is 35.5. The van der Waals surface area contributed by atoms with Crippen LogP contribution in [-0.2, 0) is 4.79 Å². The van der Waals surface area contributed by atoms with Gasteiger partial charge in [0.15, 0.2) is 28.8 Å². The second kappa shape index (κ2) is 15.5. The number of pyridine rings is 2. The van der Waals surface area contributed by atoms with Gasteiger partial charge in [0, 0.05) is 35.9 Å². The summed E-state index contributed by atoms with van der Waals surface area (Å²) in [4.78, 5) is 23.8. The summed E-state index contributed by atoms with van der Waals surface area (Å²) in [5, 5.41) is 0.947. The fourth-order valence-electron chi connectivity index (χ4n) is 6.81. The Morgan fingerprint density at radius 2 is 0.958 bits per heavy atom. The standard InChI is InChI=1S/C37H36Cl4N2O5/c1-45-29-13-11-21(15-31(29)47-23-7-3-4-8-23)33(35-25(38)17-42-18-26(35)39)37(44)34(36-27(40)19-43-20-28(36)41)22-12-14-30(46-2)32(16-22)48-24-9-5-6-10-24/h11-20,23-24,33-34H,3-10H2,1-2H3. The molecule has 2 saturated carbocycles. The number of benzene rings is 2. The van der Waals surface area contributed by atoms with E-state index in [9.17, 15) is 0 Å². The summed E-state index contributed by atoms with van der Waals surface area (Å²) in [5.41, 5.74) is 2.01. The molecule has 2 atom stereocenters. The van der Waals surface area contributed by atoms with E-state index in [1.807, 2.05) is 24.3 Å². The van der Waals surface area contributed by atoms with Crippen molar-refractivity contribution in [2.75, 3.05) is 14.2 Å². The Balaban J connectivity index is 1.54. The van der Waals surface area contributed by atoms with Crippen molar-refractivity contribution in [3.05, 3.63) is 104 Å². The SMILES string of the molecule is COc1ccc(C(C(=O)C(c2ccc(OC)c(OC3CCCC3)c2)c2c(Cl)cncc2Cl)c2c(Cl)cncc2Cl)cc1OC1CCCC1. The van der Waals surface area contributed by atoms with Gasteiger partial charge in [0.2, 0.25) is 0 Å². The second-order valence-electron chi connectivity index (χ2n) is 12.2. The molecule has 2 aromatic carbocycles. The molecule has 0 N–H and O–H groups in total. The van der Waals surface area contributed by atoms with Gasteiger partial charge in [-0.15, -0.1) is 0 Å². The third-order valence-electron chi connectivity index (χ3n) is 9.16. The quantitative estimate of drug-likeness (QED) is 0.144. The van der Waals surface area contributed by atoms with Crippen LogP contribution in [0.3, 0.4) is 0 Å². The predicted octanol–water partition coefficient (Wildman–Crippen LogP) is 10.3. The zero-order chi connectivity index (χ0) is 33.8. The minimum absolute atomic E-state index is 0.0520. The van der Waals surface area contributed by atoms with E-state index in [0.717, 1.165) is 51.4 Å². The Hall–Kier alpha value is -3.23. The number of carbonyl (C=O) groups is 1. The molecule has 0 spiro atoms. The first kappa shape index (κ1) is 34.6. The predicted molar refractivity (Wildman–Crippen MR) is 189 cm³/mol. The van der Waals surface area contributed by atoms with Gasteiger partial charge in [-0.05, 0) is 86.8 Å². The van der Waals surface area contributed by atoms with E-state index in [0.29, 0.717) is 45.3 Å². The Morgan fingerprint density at radius 1 is 0.604 bits per heavy atom. The lowest BCUT2D eigenvalue weighted by Gasteiger charge is -2.28. The van der Waals surface area contributed by atoms with Crippen molar-refractivity contribution in [1.29, 1.82) is 0 Å². The summed E-state index contributed by atoms with van der Waals surface area (Å²) >= 11 is 27.3. The fraction of sp³-hybridized carbons (Fsp3) is 0.378. The van der Waals surface area contributed by atoms with Gasteiger partial charge in [0.25, 0.3) is 0 Å². The van der Waals surface area contributed by atoms with Crippen molar-refractivity contribution in [1.82, 2.24) is 9.97 Å². The van der Waals surface area contributed by atoms with Gasteiger partial charge >= 0.3 is 0 Å². The number of methoxy groups -OCH3 is 2. The molecule has 2 aliphatic rings. The molecule has 7 nitrogen and oxygen atoms in total. The Bertz CT molecular complexity index is 1610. The van der Waals surface area contributed by atoms with E-state index in [1.165, 1.54) is 24.8 Å². The van der Waals surface area contributed by atoms with E-state index in [-0.39, 0.29) is 38.1 Å². The second-order valence-corrected chi connectivity index (χ2v) is 13.8. The van der Waals surface area contributed by atoms with Crippen LogP contribution in [0.4, 0.5) is 0 Å². The summed E-state index contributed by atoms with van der Waals surface area (Å²) in [6.45, 7) is 0. The van der Waals surface area contributed by atoms with Gasteiger partial charge in [0.1, 0.15) is 0 Å². The number of ketones is 1. The molecule has 2 heterocycles. The number of carbonyl (C=O) groups excluding carboxylic acids is 1. The van der Waals surface area contributed by atoms with Gasteiger partial charge in [-0.3, -0.25) is 14.8 Å². The third-order valence-corrected chi connectivity index (χ3v) is 10.4. The van der Waals surface area contributed by atoms with Gasteiger partial charge in [0.05, 0.1) is 58.4 Å². The number of rotatable bonds is 12. The van der Waals surface area contributed by atoms with Crippen molar-refractivity contribution < 1.29 is 23.7 Å². The van der Waals surface area contributed by atoms with Crippen LogP contribution in [0.25, 0.3) is 0 Å². The van der Waals surface area contributed by atoms with Crippen molar-refractivity contribution in [2.24, 2.45) is 0 Å². The minimum Gasteiger partial charge on any atom is -0.493 e. The lowest BCUT2D eigenvalue weighted by atomic mass is 9.77. The van der Waals surface area contributed by atoms with Gasteiger partial charge < -0.3 is 18.9 Å². The van der Waals surface area contributed by atoms with Crippen molar-refractivity contribution in [3.8, 4) is 23.0 Å². The smallest absolute Gasteiger partial charge is 0.161 e. The number of aromatic nitrogens is 2. The van der Waals surface area contributed by atoms with Crippen LogP contribution >= 0.6 is 46.4 Å². The molecule has 0 amide bonds. The van der Waals surface area contributed by atoms with Crippen LogP contribution in [0.1, 0.15) is 85.5 Å². The Morgan fingerprint density at radius 3 is 1.29 bits per heavy atom. The van der Waals surface area contributed by atoms with Crippen molar-refractivity contribution >= 4 is 52.2 Å². The third kappa shape index (κ3) is 7.35. The number of hydrogen-bond donors (Lipinski definition) is 0. The molecule has 0 saturated heterocycles. The van der Waals surface area contributed by atoms with Crippen LogP contribution in [0, 0.1) is 0 Å². The van der Waals surface area contributed by atoms with Crippen molar-refractivity contribution in [3.63, 3.8) is 0 Å². The fourth-order valence-corrected chi connectivity index (χ4v) is 7.97. The molecule has 2 aromatic heterocycles. The number of nitrogens with zero attached hydrogens (tertiary/aromatic N) is 2. The Labute approximate surface area is 300 Å². The molecule has 0 radical (unpaired) electrons. The molecular weight excluding hydrogens is 694 g/mol. The summed E-state index contributed by atoms with van der Waals surface area (Å²) in [5.74, 6) is -0.0703. The van der Waals surface area contributed by atoms with Crippen LogP contribution in [0.2, 0.25) is 20.1 Å². The monoisotopic (exact) mass is 728 g/mol. The molecule has 11 heteroatoms. The maximum Gasteiger partial charge on any atom is 0.161 e. The van der Waals surface area contributed by atoms with Crippen molar-refractivity contribution in [2.45, 2.75) is 75.4 Å². The number of Topliss-reactive ketones (excluding diaryl/α,β-unsaturated/α-hetero) is 1. The lowest BCUT2D eigenvalue weighted by molar-refractivity contribution is -0.120. The lowest BCUT2D eigenvalue weighted by Crippen LogP contribution is -2.25. The first-order valence-electron chi connectivity index (χ1n) is 16.1. The molecule has 2 aliphatic carbocycles. The maximum absolute atomic E-state index is 15.5. The molecule has 48 heavy (non-hydrogen) atoms. The first-order chi connectivity index (χ1) is 23.3. The summed E-state index contributed by atoms with van der Waals surface area (Å²) < 4.78 is 24.2. The average Bonchev–Trinajstić information content (AvgIpc) is 3.79. The highest BCUT2D eigenvalue weighted by molar-refractivity contribution is 6.37. The molecule has 0 bridgehead atoms. The molecule has 252 valence electrons. The van der Waals surface area contributed by atoms with Gasteiger partial charge in [-0.25, -0.2) is 0 Å². The maximum atomic E-state index is 15.5. The molecule has 2 unspecified atom stereocenters. The van der Waals surface area contributed by atoms with Gasteiger partial charge in [-0.1, -0.05) is 58.5 Å². The topological polar surface area (TPSA) is 79.8 Å². The summed E-state index contributed by atoms with van der Waals surface area (Å²) in [6.07, 6.45) is 14.2. The first-order valence-corrected chi connectivity index (χ1v) is 17.6. The summed E-state index contributed by atoms with van der Waals surface area (Å²) in [6, 6.07) is 10.9. The molecule has 0 aliphatic heterocycles. The van der Waals surface area contributed by atoms with E-state index in [4.69, 9.17) is 65.4 Å². The molecular formula is C37H36Cl4N2O5. The van der Waals surface area contributed by atoms with E-state index >= 15 is 4.79 Å². The van der Waals surface area contributed by atoms with E-state index < -0.39 is 11.8 Å². The van der Waals surface area contributed by atoms with Crippen LogP contribution in [0.15, 0.2) is 61.2 Å². The number of hydrogen-bond acceptors (Lipinski definition) is 7. The molecule has 4 aromatic rings. The zero-order valence-corrected chi connectivity index (χ0v) is 29.7. The highest BCUT2D eigenvalue weighted by Crippen LogP contribution is 2.47.